The lowest BCUT2D eigenvalue weighted by atomic mass is 9.62. The van der Waals surface area contributed by atoms with Gasteiger partial charge < -0.3 is 20.3 Å². The van der Waals surface area contributed by atoms with Crippen LogP contribution in [-0.2, 0) is 16.1 Å². The van der Waals surface area contributed by atoms with Crippen LogP contribution in [0.3, 0.4) is 0 Å². The van der Waals surface area contributed by atoms with Crippen LogP contribution in [0.4, 0.5) is 0 Å². The molecule has 1 aliphatic heterocycles. The summed E-state index contributed by atoms with van der Waals surface area (Å²) >= 11 is -0.785. The molecule has 4 fully saturated rings. The summed E-state index contributed by atoms with van der Waals surface area (Å²) in [5, 5.41) is 26.0. The summed E-state index contributed by atoms with van der Waals surface area (Å²) in [6.45, 7) is 2.47. The highest BCUT2D eigenvalue weighted by Gasteiger charge is 2.51. The standard InChI is InChI=1S/C28H49N2O4S/c1-2-34-28(32)27-22-11-7-6-10-21(22)25(29-27)17-24-23-16-20(14-12-18(23)13-15-26(24)31)35(33)30-19-8-4-3-5-9-19/h8,18,20-33H,2-7,9-17H2,1H3/q+1. The van der Waals surface area contributed by atoms with Gasteiger partial charge in [-0.15, -0.1) is 0 Å². The zero-order valence-electron chi connectivity index (χ0n) is 21.6. The Hall–Kier alpha value is -0.310. The van der Waals surface area contributed by atoms with Gasteiger partial charge >= 0.3 is 0 Å². The summed E-state index contributed by atoms with van der Waals surface area (Å²) in [4.78, 5) is 0. The van der Waals surface area contributed by atoms with E-state index >= 15 is 0 Å². The highest BCUT2D eigenvalue weighted by Crippen LogP contribution is 2.49. The summed E-state index contributed by atoms with van der Waals surface area (Å²) in [6.07, 6.45) is 17.2. The van der Waals surface area contributed by atoms with E-state index in [2.05, 4.69) is 16.1 Å². The number of allylic oxidation sites excluding steroid dienone is 2. The summed E-state index contributed by atoms with van der Waals surface area (Å²) in [5.41, 5.74) is 1.24. The fourth-order valence-electron chi connectivity index (χ4n) is 8.41. The molecule has 1 heterocycles. The monoisotopic (exact) mass is 509 g/mol. The van der Waals surface area contributed by atoms with E-state index in [1.165, 1.54) is 50.6 Å². The number of ether oxygens (including phenoxy) is 1. The molecule has 6 nitrogen and oxygen atoms in total. The molecule has 5 aliphatic rings. The van der Waals surface area contributed by atoms with Crippen LogP contribution in [0.25, 0.3) is 0 Å². The lowest BCUT2D eigenvalue weighted by Gasteiger charge is -2.46. The SMILES string of the molecule is CCOC(O)C1NC(CC2C(O)CCC3CCC([S+](O)NC4=CCCCC4)CC32)C2CCCCC21. The molecule has 4 aliphatic carbocycles. The average Bonchev–Trinajstić information content (AvgIpc) is 3.25. The molecule has 0 amide bonds. The molecule has 0 aromatic carbocycles. The number of hydrogen-bond acceptors (Lipinski definition) is 6. The van der Waals surface area contributed by atoms with E-state index in [0.717, 1.165) is 44.9 Å². The minimum atomic E-state index is -0.785. The molecule has 1 saturated heterocycles. The average molecular weight is 510 g/mol. The molecule has 11 unspecified atom stereocenters. The van der Waals surface area contributed by atoms with Crippen molar-refractivity contribution in [3.05, 3.63) is 11.8 Å². The van der Waals surface area contributed by atoms with Crippen molar-refractivity contribution in [1.82, 2.24) is 10.0 Å². The van der Waals surface area contributed by atoms with Gasteiger partial charge in [0.05, 0.1) is 17.8 Å². The van der Waals surface area contributed by atoms with E-state index < -0.39 is 17.7 Å². The molecule has 0 spiro atoms. The summed E-state index contributed by atoms with van der Waals surface area (Å²) < 4.78 is 20.2. The van der Waals surface area contributed by atoms with Crippen molar-refractivity contribution in [3.63, 3.8) is 0 Å². The first-order chi connectivity index (χ1) is 17.0. The van der Waals surface area contributed by atoms with Crippen LogP contribution >= 0.6 is 0 Å². The van der Waals surface area contributed by atoms with Crippen LogP contribution in [0.5, 0.6) is 0 Å². The second kappa shape index (κ2) is 12.0. The Balaban J connectivity index is 1.26. The van der Waals surface area contributed by atoms with Gasteiger partial charge in [0.25, 0.3) is 11.4 Å². The van der Waals surface area contributed by atoms with Gasteiger partial charge in [0.15, 0.2) is 11.5 Å². The van der Waals surface area contributed by atoms with E-state index in [-0.39, 0.29) is 18.1 Å². The summed E-state index contributed by atoms with van der Waals surface area (Å²) in [6, 6.07) is 0.356. The van der Waals surface area contributed by atoms with Gasteiger partial charge in [0, 0.05) is 25.5 Å². The number of aliphatic hydroxyl groups excluding tert-OH is 2. The molecule has 5 N–H and O–H groups in total. The van der Waals surface area contributed by atoms with E-state index in [1.807, 2.05) is 6.92 Å². The van der Waals surface area contributed by atoms with Crippen LogP contribution in [0, 0.1) is 29.6 Å². The lowest BCUT2D eigenvalue weighted by Crippen LogP contribution is -2.49. The van der Waals surface area contributed by atoms with Gasteiger partial charge in [0.2, 0.25) is 0 Å². The molecule has 35 heavy (non-hydrogen) atoms. The predicted molar refractivity (Wildman–Crippen MR) is 141 cm³/mol. The third-order valence-corrected chi connectivity index (χ3v) is 11.7. The van der Waals surface area contributed by atoms with Gasteiger partial charge in [-0.2, -0.15) is 9.27 Å². The Bertz CT molecular complexity index is 723. The van der Waals surface area contributed by atoms with E-state index in [1.54, 1.807) is 0 Å². The number of hydrogen-bond donors (Lipinski definition) is 5. The molecule has 0 radical (unpaired) electrons. The molecule has 7 heteroatoms. The Morgan fingerprint density at radius 1 is 1.06 bits per heavy atom. The van der Waals surface area contributed by atoms with Gasteiger partial charge in [-0.3, -0.25) is 0 Å². The van der Waals surface area contributed by atoms with Gasteiger partial charge in [-0.25, -0.2) is 0 Å². The largest absolute Gasteiger partial charge is 0.393 e. The molecule has 5 rings (SSSR count). The van der Waals surface area contributed by atoms with E-state index in [4.69, 9.17) is 4.74 Å². The number of aliphatic hydroxyl groups is 2. The van der Waals surface area contributed by atoms with Gasteiger partial charge in [-0.1, -0.05) is 18.9 Å². The third kappa shape index (κ3) is 5.91. The first kappa shape index (κ1) is 26.3. The summed E-state index contributed by atoms with van der Waals surface area (Å²) in [7, 11) is 0. The zero-order valence-corrected chi connectivity index (χ0v) is 22.4. The molecular formula is C28H49N2O4S+. The fraction of sp³-hybridized carbons (Fsp3) is 0.929. The quantitative estimate of drug-likeness (QED) is 0.245. The minimum absolute atomic E-state index is 0.0113. The van der Waals surface area contributed by atoms with Crippen molar-refractivity contribution < 1.29 is 19.5 Å². The van der Waals surface area contributed by atoms with E-state index in [0.29, 0.717) is 41.6 Å². The second-order valence-electron chi connectivity index (χ2n) is 12.1. The van der Waals surface area contributed by atoms with Crippen molar-refractivity contribution in [2.24, 2.45) is 29.6 Å². The van der Waals surface area contributed by atoms with Crippen LogP contribution in [0.15, 0.2) is 11.8 Å². The molecule has 0 bridgehead atoms. The van der Waals surface area contributed by atoms with E-state index in [9.17, 15) is 14.8 Å². The molecular weight excluding hydrogens is 460 g/mol. The molecule has 0 aromatic heterocycles. The van der Waals surface area contributed by atoms with Crippen LogP contribution in [-0.4, -0.2) is 51.1 Å². The Morgan fingerprint density at radius 3 is 2.63 bits per heavy atom. The maximum atomic E-state index is 11.2. The van der Waals surface area contributed by atoms with Crippen molar-refractivity contribution in [2.75, 3.05) is 6.61 Å². The Morgan fingerprint density at radius 2 is 1.86 bits per heavy atom. The normalized spacial score (nSPS) is 43.5. The fourth-order valence-corrected chi connectivity index (χ4v) is 9.79. The molecule has 200 valence electrons. The second-order valence-corrected chi connectivity index (χ2v) is 13.6. The van der Waals surface area contributed by atoms with Crippen LogP contribution in [0.1, 0.15) is 96.8 Å². The highest BCUT2D eigenvalue weighted by atomic mass is 32.2. The highest BCUT2D eigenvalue weighted by molar-refractivity contribution is 7.90. The van der Waals surface area contributed by atoms with Crippen molar-refractivity contribution >= 4 is 11.4 Å². The predicted octanol–water partition coefficient (Wildman–Crippen LogP) is 4.49. The van der Waals surface area contributed by atoms with Crippen molar-refractivity contribution in [2.45, 2.75) is 127 Å². The summed E-state index contributed by atoms with van der Waals surface area (Å²) in [5.74, 6) is 2.50. The van der Waals surface area contributed by atoms with Crippen LogP contribution in [0.2, 0.25) is 0 Å². The van der Waals surface area contributed by atoms with Gasteiger partial charge in [-0.05, 0) is 101 Å². The maximum Gasteiger partial charge on any atom is 0.265 e. The molecule has 3 saturated carbocycles. The van der Waals surface area contributed by atoms with Gasteiger partial charge in [0.1, 0.15) is 0 Å². The number of nitrogens with one attached hydrogen (secondary N) is 2. The van der Waals surface area contributed by atoms with Crippen molar-refractivity contribution in [3.8, 4) is 0 Å². The number of fused-ring (bicyclic) bond motifs is 2. The Labute approximate surface area is 215 Å². The smallest absolute Gasteiger partial charge is 0.265 e. The maximum absolute atomic E-state index is 11.2. The third-order valence-electron chi connectivity index (χ3n) is 10.1. The molecule has 11 atom stereocenters. The molecule has 0 aromatic rings. The number of rotatable bonds is 8. The first-order valence-corrected chi connectivity index (χ1v) is 15.9. The minimum Gasteiger partial charge on any atom is -0.393 e. The zero-order chi connectivity index (χ0) is 24.4. The first-order valence-electron chi connectivity index (χ1n) is 14.7. The Kier molecular flexibility index (Phi) is 9.05. The lowest BCUT2D eigenvalue weighted by molar-refractivity contribution is -0.123. The van der Waals surface area contributed by atoms with Crippen molar-refractivity contribution in [1.29, 1.82) is 0 Å². The van der Waals surface area contributed by atoms with Crippen LogP contribution < -0.4 is 10.0 Å². The topological polar surface area (TPSA) is 94.0 Å².